The smallest absolute Gasteiger partial charge is 0.323 e. The monoisotopic (exact) mass is 720 g/mol. The van der Waals surface area contributed by atoms with Gasteiger partial charge in [-0.2, -0.15) is 4.99 Å². The largest absolute Gasteiger partial charge is 0.398 e. The van der Waals surface area contributed by atoms with Gasteiger partial charge in [0.1, 0.15) is 11.6 Å². The molecule has 8 nitrogen and oxygen atoms in total. The quantitative estimate of drug-likeness (QED) is 0.0927. The summed E-state index contributed by atoms with van der Waals surface area (Å²) in [6.07, 6.45) is 3.85. The van der Waals surface area contributed by atoms with Crippen LogP contribution in [0.4, 0.5) is 36.3 Å². The van der Waals surface area contributed by atoms with Crippen LogP contribution < -0.4 is 16.4 Å². The molecule has 2 aliphatic rings. The van der Waals surface area contributed by atoms with Crippen LogP contribution in [0.1, 0.15) is 44.7 Å². The Balaban J connectivity index is 0.000000156. The van der Waals surface area contributed by atoms with Gasteiger partial charge in [-0.3, -0.25) is 9.59 Å². The number of nitrogens with two attached hydrogens (primary N) is 1. The molecule has 6 aromatic rings. The summed E-state index contributed by atoms with van der Waals surface area (Å²) >= 11 is 0. The second-order valence-electron chi connectivity index (χ2n) is 12.4. The molecule has 10 heteroatoms. The number of amides is 2. The van der Waals surface area contributed by atoms with Crippen molar-refractivity contribution in [1.82, 2.24) is 0 Å². The summed E-state index contributed by atoms with van der Waals surface area (Å²) in [5.41, 5.74) is 15.6. The molecule has 6 aromatic carbocycles. The topological polar surface area (TPSA) is 131 Å². The van der Waals surface area contributed by atoms with E-state index in [0.29, 0.717) is 47.6 Å². The van der Waals surface area contributed by atoms with E-state index < -0.39 is 6.03 Å². The summed E-state index contributed by atoms with van der Waals surface area (Å²) in [6, 6.07) is 37.8. The van der Waals surface area contributed by atoms with Crippen molar-refractivity contribution in [2.24, 2.45) is 4.99 Å². The van der Waals surface area contributed by atoms with Gasteiger partial charge in [-0.1, -0.05) is 72.8 Å². The first-order chi connectivity index (χ1) is 26.2. The number of fused-ring (bicyclic) bond motifs is 2. The molecule has 0 heterocycles. The Hall–Kier alpha value is -7.03. The third kappa shape index (κ3) is 8.70. The molecule has 2 amide bonds. The van der Waals surface area contributed by atoms with Crippen molar-refractivity contribution in [2.75, 3.05) is 16.4 Å². The maximum atomic E-state index is 13.0. The molecule has 0 bridgehead atoms. The molecular weight excluding hydrogens is 687 g/mol. The lowest BCUT2D eigenvalue weighted by molar-refractivity contribution is 0.0987. The molecule has 0 aliphatic heterocycles. The lowest BCUT2D eigenvalue weighted by Gasteiger charge is -2.14. The van der Waals surface area contributed by atoms with Gasteiger partial charge in [-0.05, 0) is 107 Å². The van der Waals surface area contributed by atoms with Gasteiger partial charge in [-0.25, -0.2) is 18.4 Å². The number of Topliss-reactive ketones (excluding diaryl/α,β-unsaturated/α-hetero) is 2. The molecule has 4 N–H and O–H groups in total. The van der Waals surface area contributed by atoms with E-state index in [1.165, 1.54) is 54.6 Å². The first kappa shape index (κ1) is 36.8. The van der Waals surface area contributed by atoms with Crippen molar-refractivity contribution < 1.29 is 28.0 Å². The third-order valence-corrected chi connectivity index (χ3v) is 8.94. The molecule has 0 atom stereocenters. The summed E-state index contributed by atoms with van der Waals surface area (Å²) < 4.78 is 25.2. The van der Waals surface area contributed by atoms with Gasteiger partial charge in [-0.15, -0.1) is 0 Å². The second-order valence-corrected chi connectivity index (χ2v) is 12.4. The maximum absolute atomic E-state index is 13.0. The molecule has 0 radical (unpaired) electrons. The maximum Gasteiger partial charge on any atom is 0.323 e. The Morgan fingerprint density at radius 3 is 1.65 bits per heavy atom. The number of halogens is 2. The number of benzene rings is 6. The van der Waals surface area contributed by atoms with Crippen molar-refractivity contribution >= 4 is 46.4 Å². The van der Waals surface area contributed by atoms with Crippen molar-refractivity contribution in [3.63, 3.8) is 0 Å². The minimum Gasteiger partial charge on any atom is -0.398 e. The van der Waals surface area contributed by atoms with Crippen LogP contribution in [0.25, 0.3) is 22.3 Å². The summed E-state index contributed by atoms with van der Waals surface area (Å²) in [7, 11) is 0. The van der Waals surface area contributed by atoms with Crippen molar-refractivity contribution in [1.29, 1.82) is 0 Å². The molecule has 8 rings (SSSR count). The molecule has 268 valence electrons. The van der Waals surface area contributed by atoms with Gasteiger partial charge < -0.3 is 16.4 Å². The van der Waals surface area contributed by atoms with Gasteiger partial charge >= 0.3 is 6.03 Å². The molecule has 2 aliphatic carbocycles. The van der Waals surface area contributed by atoms with E-state index >= 15 is 0 Å². The fourth-order valence-electron chi connectivity index (χ4n) is 6.47. The number of urea groups is 1. The van der Waals surface area contributed by atoms with Crippen molar-refractivity contribution in [3.05, 3.63) is 167 Å². The summed E-state index contributed by atoms with van der Waals surface area (Å²) in [6.45, 7) is 0. The summed E-state index contributed by atoms with van der Waals surface area (Å²) in [4.78, 5) is 49.5. The van der Waals surface area contributed by atoms with Crippen LogP contribution in [0.15, 0.2) is 138 Å². The lowest BCUT2D eigenvalue weighted by atomic mass is 9.95. The number of hydrogen-bond acceptors (Lipinski definition) is 6. The minimum atomic E-state index is -0.476. The normalized spacial score (nSPS) is 12.2. The Morgan fingerprint density at radius 1 is 0.593 bits per heavy atom. The predicted molar refractivity (Wildman–Crippen MR) is 207 cm³/mol. The Bertz CT molecular complexity index is 2360. The average molecular weight is 721 g/mol. The average Bonchev–Trinajstić information content (AvgIpc) is 3.78. The van der Waals surface area contributed by atoms with Crippen LogP contribution in [0, 0.1) is 11.6 Å². The minimum absolute atomic E-state index is 0.0277. The van der Waals surface area contributed by atoms with E-state index in [-0.39, 0.29) is 23.2 Å². The number of anilines is 3. The molecule has 54 heavy (non-hydrogen) atoms. The first-order valence-corrected chi connectivity index (χ1v) is 17.1. The molecule has 0 unspecified atom stereocenters. The number of hydrogen-bond donors (Lipinski definition) is 3. The van der Waals surface area contributed by atoms with E-state index in [4.69, 9.17) is 5.73 Å². The zero-order valence-electron chi connectivity index (χ0n) is 28.9. The van der Waals surface area contributed by atoms with E-state index in [2.05, 4.69) is 27.8 Å². The molecule has 0 fully saturated rings. The number of rotatable bonds is 5. The van der Waals surface area contributed by atoms with Crippen molar-refractivity contribution in [3.8, 4) is 22.3 Å². The number of ketones is 2. The number of nitrogen functional groups attached to an aromatic ring is 1. The number of nitrogens with one attached hydrogen (secondary N) is 2. The zero-order chi connectivity index (χ0) is 38.0. The molecular formula is C44H34F2N4O4. The highest BCUT2D eigenvalue weighted by Crippen LogP contribution is 2.37. The van der Waals surface area contributed by atoms with Crippen LogP contribution >= 0.6 is 0 Å². The zero-order valence-corrected chi connectivity index (χ0v) is 28.9. The van der Waals surface area contributed by atoms with Gasteiger partial charge in [0, 0.05) is 35.3 Å². The van der Waals surface area contributed by atoms with Crippen LogP contribution in [-0.4, -0.2) is 23.7 Å². The summed E-state index contributed by atoms with van der Waals surface area (Å²) in [5.74, 6) is -0.513. The highest BCUT2D eigenvalue weighted by molar-refractivity contribution is 6.11. The third-order valence-electron chi connectivity index (χ3n) is 8.94. The summed E-state index contributed by atoms with van der Waals surface area (Å²) in [5, 5.41) is 5.39. The Labute approximate surface area is 310 Å². The molecule has 0 saturated carbocycles. The number of carbonyl (C=O) groups excluding carboxylic acids is 4. The van der Waals surface area contributed by atoms with E-state index in [1.54, 1.807) is 6.07 Å². The second kappa shape index (κ2) is 17.0. The highest BCUT2D eigenvalue weighted by atomic mass is 19.1. The molecule has 0 spiro atoms. The number of isocyanates is 1. The van der Waals surface area contributed by atoms with Crippen LogP contribution in [-0.2, 0) is 17.6 Å². The van der Waals surface area contributed by atoms with Gasteiger partial charge in [0.25, 0.3) is 0 Å². The van der Waals surface area contributed by atoms with Crippen LogP contribution in [0.3, 0.4) is 0 Å². The Morgan fingerprint density at radius 2 is 1.09 bits per heavy atom. The molecule has 0 aromatic heterocycles. The first-order valence-electron chi connectivity index (χ1n) is 17.1. The van der Waals surface area contributed by atoms with E-state index in [1.807, 2.05) is 66.7 Å². The lowest BCUT2D eigenvalue weighted by Crippen LogP contribution is -2.20. The number of carbonyl (C=O) groups is 3. The molecule has 0 saturated heterocycles. The Kier molecular flexibility index (Phi) is 11.6. The van der Waals surface area contributed by atoms with Crippen LogP contribution in [0.5, 0.6) is 0 Å². The number of aliphatic imine (C=N–C) groups is 1. The van der Waals surface area contributed by atoms with Gasteiger partial charge in [0.15, 0.2) is 11.6 Å². The van der Waals surface area contributed by atoms with Crippen molar-refractivity contribution in [2.45, 2.75) is 25.7 Å². The van der Waals surface area contributed by atoms with E-state index in [9.17, 15) is 28.0 Å². The standard InChI is InChI=1S/C22H17FN2O2.C15H13NO.C7H4FNO/c23-15-6-8-16(9-7-15)24-22(27)25-19-12-10-17(14-4-2-1-3-5-14)18-11-13-20(26)21(18)19;16-13-8-6-11(10-4-2-1-3-5-10)12-7-9-14(17)15(12)13;8-6-1-3-7(4-2-6)9-5-10/h1-10,12H,11,13H2,(H2,24,25,27);1-6,8H,7,9,16H2;1-4H. The van der Waals surface area contributed by atoms with Gasteiger partial charge in [0.2, 0.25) is 6.08 Å². The van der Waals surface area contributed by atoms with Crippen LogP contribution in [0.2, 0.25) is 0 Å². The van der Waals surface area contributed by atoms with E-state index in [0.717, 1.165) is 45.4 Å². The van der Waals surface area contributed by atoms with Gasteiger partial charge in [0.05, 0.1) is 11.4 Å². The SMILES string of the molecule is Nc1ccc(-c2ccccc2)c2c1C(=O)CC2.O=C(Nc1ccc(F)cc1)Nc1ccc(-c2ccccc2)c2c1C(=O)CC2.O=C=Nc1ccc(F)cc1. The number of nitrogens with zero attached hydrogens (tertiary/aromatic N) is 1. The fraction of sp³-hybridized carbons (Fsp3) is 0.0909. The highest BCUT2D eigenvalue weighted by Gasteiger charge is 2.27. The predicted octanol–water partition coefficient (Wildman–Crippen LogP) is 10.1. The fourth-order valence-corrected chi connectivity index (χ4v) is 6.47.